The molecule has 1 aromatic rings. The number of aryl methyl sites for hydroxylation is 2. The number of nitrogens with zero attached hydrogens (tertiary/aromatic N) is 1. The van der Waals surface area contributed by atoms with Gasteiger partial charge in [-0.1, -0.05) is 13.0 Å². The van der Waals surface area contributed by atoms with Gasteiger partial charge in [-0.2, -0.15) is 0 Å². The number of rotatable bonds is 2. The first kappa shape index (κ1) is 10.5. The van der Waals surface area contributed by atoms with Gasteiger partial charge in [0.1, 0.15) is 0 Å². The summed E-state index contributed by atoms with van der Waals surface area (Å²) in [6, 6.07) is 5.97. The first-order chi connectivity index (χ1) is 6.67. The molecule has 1 aromatic carbocycles. The molecule has 0 bridgehead atoms. The van der Waals surface area contributed by atoms with Crippen LogP contribution in [0.1, 0.15) is 18.1 Å². The molecule has 0 spiro atoms. The lowest BCUT2D eigenvalue weighted by atomic mass is 10.1. The van der Waals surface area contributed by atoms with Crippen molar-refractivity contribution in [2.24, 2.45) is 16.6 Å². The van der Waals surface area contributed by atoms with Gasteiger partial charge in [0.25, 0.3) is 0 Å². The van der Waals surface area contributed by atoms with Gasteiger partial charge in [-0.15, -0.1) is 0 Å². The van der Waals surface area contributed by atoms with E-state index >= 15 is 0 Å². The Morgan fingerprint density at radius 3 is 2.71 bits per heavy atom. The lowest BCUT2D eigenvalue weighted by Crippen LogP contribution is -2.36. The molecule has 0 amide bonds. The van der Waals surface area contributed by atoms with E-state index in [1.54, 1.807) is 0 Å². The highest BCUT2D eigenvalue weighted by atomic mass is 15.3. The van der Waals surface area contributed by atoms with Gasteiger partial charge in [0, 0.05) is 0 Å². The van der Waals surface area contributed by atoms with Crippen LogP contribution in [0.5, 0.6) is 0 Å². The van der Waals surface area contributed by atoms with Crippen molar-refractivity contribution in [2.75, 3.05) is 0 Å². The highest BCUT2D eigenvalue weighted by Crippen LogP contribution is 2.17. The Morgan fingerprint density at radius 1 is 1.50 bits per heavy atom. The summed E-state index contributed by atoms with van der Waals surface area (Å²) in [6.45, 7) is 4.19. The third-order valence-electron chi connectivity index (χ3n) is 2.10. The molecule has 1 rings (SSSR count). The summed E-state index contributed by atoms with van der Waals surface area (Å²) in [7, 11) is 0. The van der Waals surface area contributed by atoms with Gasteiger partial charge in [0.2, 0.25) is 5.96 Å². The average Bonchev–Trinajstić information content (AvgIpc) is 2.18. The van der Waals surface area contributed by atoms with Crippen molar-refractivity contribution in [1.29, 1.82) is 0 Å². The van der Waals surface area contributed by atoms with Crippen molar-refractivity contribution in [3.8, 4) is 0 Å². The lowest BCUT2D eigenvalue weighted by Gasteiger charge is -2.04. The largest absolute Gasteiger partial charge is 0.369 e. The normalized spacial score (nSPS) is 11.5. The molecular weight excluding hydrogens is 176 g/mol. The maximum atomic E-state index is 5.44. The molecule has 0 aromatic heterocycles. The number of aliphatic imine (C=N–C) groups is 1. The van der Waals surface area contributed by atoms with Gasteiger partial charge in [-0.05, 0) is 36.6 Å². The third kappa shape index (κ3) is 2.47. The lowest BCUT2D eigenvalue weighted by molar-refractivity contribution is 1.01. The zero-order valence-electron chi connectivity index (χ0n) is 8.54. The van der Waals surface area contributed by atoms with Crippen LogP contribution in [-0.4, -0.2) is 5.96 Å². The molecule has 4 nitrogen and oxygen atoms in total. The van der Waals surface area contributed by atoms with Crippen LogP contribution >= 0.6 is 0 Å². The first-order valence-corrected chi connectivity index (χ1v) is 4.57. The summed E-state index contributed by atoms with van der Waals surface area (Å²) in [6.07, 6.45) is 1.03. The minimum absolute atomic E-state index is 0.216. The molecule has 0 saturated carbocycles. The molecule has 0 unspecified atom stereocenters. The summed E-state index contributed by atoms with van der Waals surface area (Å²) in [4.78, 5) is 4.07. The topological polar surface area (TPSA) is 76.4 Å². The Kier molecular flexibility index (Phi) is 3.48. The fraction of sp³-hybridized carbons (Fsp3) is 0.300. The second kappa shape index (κ2) is 4.62. The van der Waals surface area contributed by atoms with Crippen LogP contribution in [-0.2, 0) is 6.42 Å². The Balaban J connectivity index is 2.97. The van der Waals surface area contributed by atoms with Crippen molar-refractivity contribution in [3.05, 3.63) is 29.3 Å². The Labute approximate surface area is 84.0 Å². The Bertz CT molecular complexity index is 344. The zero-order chi connectivity index (χ0) is 10.6. The predicted octanol–water partition coefficient (Wildman–Crippen LogP) is 0.967. The fourth-order valence-corrected chi connectivity index (χ4v) is 1.32. The molecule has 76 valence electrons. The van der Waals surface area contributed by atoms with Crippen molar-refractivity contribution in [2.45, 2.75) is 20.3 Å². The molecule has 0 aliphatic carbocycles. The number of nitrogens with one attached hydrogen (secondary N) is 1. The second-order valence-corrected chi connectivity index (χ2v) is 3.11. The van der Waals surface area contributed by atoms with Gasteiger partial charge in [-0.25, -0.2) is 10.8 Å². The van der Waals surface area contributed by atoms with Gasteiger partial charge >= 0.3 is 0 Å². The molecule has 0 radical (unpaired) electrons. The quantitative estimate of drug-likeness (QED) is 0.283. The van der Waals surface area contributed by atoms with Crippen LogP contribution < -0.4 is 17.0 Å². The zero-order valence-corrected chi connectivity index (χ0v) is 8.54. The van der Waals surface area contributed by atoms with Crippen LogP contribution in [0.15, 0.2) is 23.2 Å². The molecular formula is C10H16N4. The van der Waals surface area contributed by atoms with Crippen LogP contribution in [0.2, 0.25) is 0 Å². The van der Waals surface area contributed by atoms with E-state index in [1.165, 1.54) is 11.1 Å². The Hall–Kier alpha value is -1.55. The van der Waals surface area contributed by atoms with E-state index in [9.17, 15) is 0 Å². The highest BCUT2D eigenvalue weighted by Gasteiger charge is 1.97. The number of benzene rings is 1. The number of hydrogen-bond acceptors (Lipinski definition) is 2. The number of hydrazine groups is 1. The van der Waals surface area contributed by atoms with Crippen LogP contribution in [0.25, 0.3) is 0 Å². The summed E-state index contributed by atoms with van der Waals surface area (Å²) < 4.78 is 0. The minimum Gasteiger partial charge on any atom is -0.369 e. The van der Waals surface area contributed by atoms with E-state index < -0.39 is 0 Å². The smallest absolute Gasteiger partial charge is 0.208 e. The van der Waals surface area contributed by atoms with Gasteiger partial charge in [0.15, 0.2) is 0 Å². The van der Waals surface area contributed by atoms with Gasteiger partial charge in [-0.3, -0.25) is 5.43 Å². The van der Waals surface area contributed by atoms with E-state index in [0.29, 0.717) is 0 Å². The monoisotopic (exact) mass is 192 g/mol. The maximum Gasteiger partial charge on any atom is 0.208 e. The van der Waals surface area contributed by atoms with Gasteiger partial charge < -0.3 is 5.73 Å². The van der Waals surface area contributed by atoms with E-state index in [4.69, 9.17) is 11.6 Å². The summed E-state index contributed by atoms with van der Waals surface area (Å²) in [5, 5.41) is 0. The van der Waals surface area contributed by atoms with Crippen LogP contribution in [0.4, 0.5) is 5.69 Å². The maximum absolute atomic E-state index is 5.44. The molecule has 0 atom stereocenters. The SMILES string of the molecule is CCc1ccc(N=C(N)NN)cc1C. The van der Waals surface area contributed by atoms with Crippen molar-refractivity contribution >= 4 is 11.6 Å². The molecule has 5 N–H and O–H groups in total. The van der Waals surface area contributed by atoms with Gasteiger partial charge in [0.05, 0.1) is 5.69 Å². The summed E-state index contributed by atoms with van der Waals surface area (Å²) in [5.41, 5.74) is 11.1. The summed E-state index contributed by atoms with van der Waals surface area (Å²) in [5.74, 6) is 5.32. The van der Waals surface area contributed by atoms with E-state index in [1.807, 2.05) is 12.1 Å². The van der Waals surface area contributed by atoms with Crippen molar-refractivity contribution in [3.63, 3.8) is 0 Å². The second-order valence-electron chi connectivity index (χ2n) is 3.11. The highest BCUT2D eigenvalue weighted by molar-refractivity contribution is 5.80. The van der Waals surface area contributed by atoms with Crippen LogP contribution in [0, 0.1) is 6.92 Å². The molecule has 0 saturated heterocycles. The third-order valence-corrected chi connectivity index (χ3v) is 2.10. The summed E-state index contributed by atoms with van der Waals surface area (Å²) >= 11 is 0. The van der Waals surface area contributed by atoms with E-state index in [2.05, 4.69) is 30.3 Å². The number of nitrogens with two attached hydrogens (primary N) is 2. The average molecular weight is 192 g/mol. The fourth-order valence-electron chi connectivity index (χ4n) is 1.32. The molecule has 0 aliphatic rings. The van der Waals surface area contributed by atoms with E-state index in [-0.39, 0.29) is 5.96 Å². The van der Waals surface area contributed by atoms with Crippen molar-refractivity contribution < 1.29 is 0 Å². The molecule has 0 fully saturated rings. The number of hydrogen-bond donors (Lipinski definition) is 3. The van der Waals surface area contributed by atoms with E-state index in [0.717, 1.165) is 12.1 Å². The molecule has 0 heterocycles. The molecule has 14 heavy (non-hydrogen) atoms. The first-order valence-electron chi connectivity index (χ1n) is 4.57. The Morgan fingerprint density at radius 2 is 2.21 bits per heavy atom. The van der Waals surface area contributed by atoms with Crippen molar-refractivity contribution in [1.82, 2.24) is 5.43 Å². The standard InChI is InChI=1S/C10H16N4/c1-3-8-4-5-9(6-7(8)2)13-10(11)14-12/h4-6H,3,12H2,1-2H3,(H3,11,13,14). The van der Waals surface area contributed by atoms with Crippen LogP contribution in [0.3, 0.4) is 0 Å². The predicted molar refractivity (Wildman–Crippen MR) is 59.2 cm³/mol. The molecule has 0 aliphatic heterocycles. The number of guanidine groups is 1. The minimum atomic E-state index is 0.216. The molecule has 4 heteroatoms.